The first-order valence-electron chi connectivity index (χ1n) is 10.1. The number of aryl methyl sites for hydroxylation is 1. The molecular weight excluding hydrogens is 435 g/mol. The summed E-state index contributed by atoms with van der Waals surface area (Å²) < 4.78 is 1.63. The molecule has 0 spiro atoms. The van der Waals surface area contributed by atoms with Crippen molar-refractivity contribution in [2.24, 2.45) is 0 Å². The Labute approximate surface area is 191 Å². The van der Waals surface area contributed by atoms with Gasteiger partial charge < -0.3 is 15.5 Å². The first kappa shape index (κ1) is 21.6. The fraction of sp³-hybridized carbons (Fsp3) is 0.318. The van der Waals surface area contributed by atoms with Gasteiger partial charge in [-0.3, -0.25) is 4.79 Å². The normalized spacial score (nSPS) is 16.0. The number of aromatic nitrogens is 3. The smallest absolute Gasteiger partial charge is 0.276 e. The van der Waals surface area contributed by atoms with E-state index in [9.17, 15) is 4.79 Å². The van der Waals surface area contributed by atoms with Crippen LogP contribution < -0.4 is 15.5 Å². The topological polar surface area (TPSA) is 75.1 Å². The average Bonchev–Trinajstić information content (AvgIpc) is 3.41. The summed E-state index contributed by atoms with van der Waals surface area (Å²) in [4.78, 5) is 19.8. The third kappa shape index (κ3) is 4.69. The summed E-state index contributed by atoms with van der Waals surface area (Å²) in [6.07, 6.45) is 4.53. The molecule has 0 aliphatic carbocycles. The van der Waals surface area contributed by atoms with E-state index in [4.69, 9.17) is 23.2 Å². The second-order valence-electron chi connectivity index (χ2n) is 7.60. The van der Waals surface area contributed by atoms with Gasteiger partial charge in [0.2, 0.25) is 0 Å². The Balaban J connectivity index is 1.51. The number of hydrogen-bond acceptors (Lipinski definition) is 5. The summed E-state index contributed by atoms with van der Waals surface area (Å²) >= 11 is 12.0. The van der Waals surface area contributed by atoms with Crippen molar-refractivity contribution in [1.29, 1.82) is 0 Å². The largest absolute Gasteiger partial charge is 0.355 e. The van der Waals surface area contributed by atoms with E-state index >= 15 is 0 Å². The van der Waals surface area contributed by atoms with E-state index in [1.54, 1.807) is 29.2 Å². The molecule has 1 aliphatic rings. The van der Waals surface area contributed by atoms with Gasteiger partial charge in [0.25, 0.3) is 5.91 Å². The Morgan fingerprint density at radius 3 is 2.71 bits per heavy atom. The lowest BCUT2D eigenvalue weighted by atomic mass is 10.2. The number of pyridine rings is 1. The summed E-state index contributed by atoms with van der Waals surface area (Å²) in [6.45, 7) is 3.90. The molecule has 1 amide bonds. The lowest BCUT2D eigenvalue weighted by molar-refractivity contribution is 0.102. The molecule has 9 heteroatoms. The Kier molecular flexibility index (Phi) is 6.46. The van der Waals surface area contributed by atoms with Crippen LogP contribution >= 0.6 is 23.2 Å². The lowest BCUT2D eigenvalue weighted by Gasteiger charge is -2.20. The first-order chi connectivity index (χ1) is 15.0. The maximum Gasteiger partial charge on any atom is 0.276 e. The molecule has 2 N–H and O–H groups in total. The van der Waals surface area contributed by atoms with Gasteiger partial charge in [-0.05, 0) is 56.3 Å². The first-order valence-corrected chi connectivity index (χ1v) is 11.0. The summed E-state index contributed by atoms with van der Waals surface area (Å²) in [6, 6.07) is 9.62. The number of rotatable bonds is 6. The molecule has 1 aromatic carbocycles. The zero-order chi connectivity index (χ0) is 22.0. The maximum absolute atomic E-state index is 12.9. The minimum absolute atomic E-state index is 0.175. The van der Waals surface area contributed by atoms with Gasteiger partial charge >= 0.3 is 0 Å². The van der Waals surface area contributed by atoms with E-state index in [2.05, 4.69) is 25.6 Å². The van der Waals surface area contributed by atoms with E-state index < -0.39 is 0 Å². The van der Waals surface area contributed by atoms with Gasteiger partial charge in [0.1, 0.15) is 5.82 Å². The van der Waals surface area contributed by atoms with Gasteiger partial charge in [-0.2, -0.15) is 5.10 Å². The van der Waals surface area contributed by atoms with Crippen LogP contribution in [-0.4, -0.2) is 46.9 Å². The van der Waals surface area contributed by atoms with Crippen LogP contribution in [0.3, 0.4) is 0 Å². The molecule has 0 bridgehead atoms. The van der Waals surface area contributed by atoms with Crippen molar-refractivity contribution in [1.82, 2.24) is 20.1 Å². The predicted molar refractivity (Wildman–Crippen MR) is 125 cm³/mol. The molecule has 1 fully saturated rings. The van der Waals surface area contributed by atoms with Crippen LogP contribution in [0.1, 0.15) is 28.0 Å². The number of benzene rings is 1. The molecule has 7 nitrogen and oxygen atoms in total. The zero-order valence-corrected chi connectivity index (χ0v) is 18.9. The van der Waals surface area contributed by atoms with Crippen LogP contribution in [0.5, 0.6) is 0 Å². The SMILES string of the molecule is CNC1CCN(c2ncc(NC(=O)c3nn(-c4ccc(Cl)cc4)cc3CCl)cc2C)C1. The van der Waals surface area contributed by atoms with Crippen molar-refractivity contribution in [2.75, 3.05) is 30.4 Å². The van der Waals surface area contributed by atoms with Gasteiger partial charge in [-0.1, -0.05) is 11.6 Å². The molecule has 0 radical (unpaired) electrons. The fourth-order valence-corrected chi connectivity index (χ4v) is 4.09. The summed E-state index contributed by atoms with van der Waals surface area (Å²) in [5, 5.41) is 11.3. The molecule has 1 saturated heterocycles. The lowest BCUT2D eigenvalue weighted by Crippen LogP contribution is -2.30. The van der Waals surface area contributed by atoms with Crippen molar-refractivity contribution in [3.05, 3.63) is 64.6 Å². The van der Waals surface area contributed by atoms with Crippen molar-refractivity contribution in [3.8, 4) is 5.69 Å². The molecule has 3 heterocycles. The van der Waals surface area contributed by atoms with Crippen LogP contribution in [-0.2, 0) is 5.88 Å². The Morgan fingerprint density at radius 1 is 1.29 bits per heavy atom. The summed E-state index contributed by atoms with van der Waals surface area (Å²) in [7, 11) is 1.98. The third-order valence-electron chi connectivity index (χ3n) is 5.44. The molecule has 31 heavy (non-hydrogen) atoms. The van der Waals surface area contributed by atoms with Gasteiger partial charge in [-0.25, -0.2) is 9.67 Å². The number of anilines is 2. The number of alkyl halides is 1. The van der Waals surface area contributed by atoms with Gasteiger partial charge in [-0.15, -0.1) is 11.6 Å². The van der Waals surface area contributed by atoms with Gasteiger partial charge in [0.05, 0.1) is 23.5 Å². The molecule has 4 rings (SSSR count). The van der Waals surface area contributed by atoms with E-state index in [0.29, 0.717) is 22.3 Å². The van der Waals surface area contributed by atoms with E-state index in [1.807, 2.05) is 32.2 Å². The molecule has 1 unspecified atom stereocenters. The molecule has 0 saturated carbocycles. The highest BCUT2D eigenvalue weighted by atomic mass is 35.5. The maximum atomic E-state index is 12.9. The standard InChI is InChI=1S/C22H24Cl2N6O/c1-14-9-18(11-26-21(14)29-8-7-17(13-29)25-2)27-22(31)20-15(10-23)12-30(28-20)19-5-3-16(24)4-6-19/h3-6,9,11-12,17,25H,7-8,10,13H2,1-2H3,(H,27,31). The molecular formula is C22H24Cl2N6O. The molecule has 2 aromatic heterocycles. The molecule has 162 valence electrons. The number of carbonyl (C=O) groups excluding carboxylic acids is 1. The highest BCUT2D eigenvalue weighted by molar-refractivity contribution is 6.30. The minimum Gasteiger partial charge on any atom is -0.355 e. The Bertz CT molecular complexity index is 1080. The molecule has 1 atom stereocenters. The minimum atomic E-state index is -0.325. The fourth-order valence-electron chi connectivity index (χ4n) is 3.77. The number of nitrogens with one attached hydrogen (secondary N) is 2. The van der Waals surface area contributed by atoms with Crippen molar-refractivity contribution in [3.63, 3.8) is 0 Å². The number of carbonyl (C=O) groups is 1. The summed E-state index contributed by atoms with van der Waals surface area (Å²) in [5.74, 6) is 0.798. The van der Waals surface area contributed by atoms with Crippen molar-refractivity contribution >= 4 is 40.6 Å². The number of amides is 1. The zero-order valence-electron chi connectivity index (χ0n) is 17.4. The number of likely N-dealkylation sites (N-methyl/N-ethyl adjacent to an activating group) is 1. The molecule has 3 aromatic rings. The number of nitrogens with zero attached hydrogens (tertiary/aromatic N) is 4. The number of hydrogen-bond donors (Lipinski definition) is 2. The van der Waals surface area contributed by atoms with Crippen LogP contribution in [0.15, 0.2) is 42.7 Å². The average molecular weight is 459 g/mol. The van der Waals surface area contributed by atoms with Crippen molar-refractivity contribution in [2.45, 2.75) is 25.3 Å². The van der Waals surface area contributed by atoms with Crippen molar-refractivity contribution < 1.29 is 4.79 Å². The van der Waals surface area contributed by atoms with E-state index in [0.717, 1.165) is 36.6 Å². The van der Waals surface area contributed by atoms with Crippen LogP contribution in [0.4, 0.5) is 11.5 Å². The van der Waals surface area contributed by atoms with Gasteiger partial charge in [0.15, 0.2) is 5.69 Å². The Morgan fingerprint density at radius 2 is 2.06 bits per heavy atom. The third-order valence-corrected chi connectivity index (χ3v) is 5.98. The second-order valence-corrected chi connectivity index (χ2v) is 8.30. The highest BCUT2D eigenvalue weighted by Gasteiger charge is 2.23. The number of halogens is 2. The van der Waals surface area contributed by atoms with Crippen LogP contribution in [0, 0.1) is 6.92 Å². The van der Waals surface area contributed by atoms with Gasteiger partial charge in [0, 0.05) is 35.9 Å². The van der Waals surface area contributed by atoms with E-state index in [1.165, 1.54) is 0 Å². The predicted octanol–water partition coefficient (Wildman–Crippen LogP) is 4.02. The summed E-state index contributed by atoms with van der Waals surface area (Å²) in [5.41, 5.74) is 3.35. The Hall–Kier alpha value is -2.61. The van der Waals surface area contributed by atoms with Crippen LogP contribution in [0.2, 0.25) is 5.02 Å². The van der Waals surface area contributed by atoms with Crippen LogP contribution in [0.25, 0.3) is 5.69 Å². The quantitative estimate of drug-likeness (QED) is 0.545. The van der Waals surface area contributed by atoms with E-state index in [-0.39, 0.29) is 17.5 Å². The highest BCUT2D eigenvalue weighted by Crippen LogP contribution is 2.25. The monoisotopic (exact) mass is 458 g/mol. The second kappa shape index (κ2) is 9.26. The molecule has 1 aliphatic heterocycles.